The van der Waals surface area contributed by atoms with Crippen LogP contribution in [0.25, 0.3) is 0 Å². The number of hydrogen-bond acceptors (Lipinski definition) is 2. The first-order valence-electron chi connectivity index (χ1n) is 12.9. The monoisotopic (exact) mass is 415 g/mol. The molecule has 3 nitrogen and oxygen atoms in total. The number of rotatable bonds is 7. The largest absolute Gasteiger partial charge is 0.396 e. The van der Waals surface area contributed by atoms with Crippen LogP contribution in [0, 0.1) is 46.3 Å². The van der Waals surface area contributed by atoms with Crippen LogP contribution in [0.4, 0.5) is 0 Å². The number of carbonyl (C=O) groups excluding carboxylic acids is 1. The zero-order valence-corrected chi connectivity index (χ0v) is 19.7. The van der Waals surface area contributed by atoms with Gasteiger partial charge in [0.1, 0.15) is 0 Å². The standard InChI is InChI=1S/C27H45NO2/c1-18(7-6-8-19(17-29)25(28)30)22-12-13-23-21-11-10-20-9-4-5-15-26(20,2)24(21)14-16-27(22,23)3/h10,18-19,21-24,29H,4-9,11-17H2,1-3H3,(H2,28,30)/t18-,19?,21+,22-,23+,24+,26+,27-/m1/s1. The number of primary amides is 1. The number of amides is 1. The Balaban J connectivity index is 1.42. The normalized spacial score (nSPS) is 42.5. The summed E-state index contributed by atoms with van der Waals surface area (Å²) in [4.78, 5) is 11.4. The van der Waals surface area contributed by atoms with Crippen molar-refractivity contribution in [3.05, 3.63) is 11.6 Å². The summed E-state index contributed by atoms with van der Waals surface area (Å²) < 4.78 is 0. The highest BCUT2D eigenvalue weighted by Crippen LogP contribution is 2.67. The van der Waals surface area contributed by atoms with Crippen molar-refractivity contribution in [3.8, 4) is 0 Å². The van der Waals surface area contributed by atoms with E-state index in [4.69, 9.17) is 5.73 Å². The lowest BCUT2D eigenvalue weighted by Crippen LogP contribution is -2.50. The molecule has 1 amide bonds. The van der Waals surface area contributed by atoms with Gasteiger partial charge in [0.25, 0.3) is 0 Å². The van der Waals surface area contributed by atoms with Crippen molar-refractivity contribution in [3.63, 3.8) is 0 Å². The van der Waals surface area contributed by atoms with Gasteiger partial charge in [0, 0.05) is 0 Å². The van der Waals surface area contributed by atoms with Gasteiger partial charge < -0.3 is 10.8 Å². The number of fused-ring (bicyclic) bond motifs is 5. The Kier molecular flexibility index (Phi) is 6.41. The molecule has 170 valence electrons. The van der Waals surface area contributed by atoms with E-state index in [9.17, 15) is 9.90 Å². The minimum atomic E-state index is -0.362. The van der Waals surface area contributed by atoms with Crippen LogP contribution in [0.2, 0.25) is 0 Å². The van der Waals surface area contributed by atoms with E-state index >= 15 is 0 Å². The van der Waals surface area contributed by atoms with E-state index < -0.39 is 0 Å². The van der Waals surface area contributed by atoms with Gasteiger partial charge in [-0.25, -0.2) is 0 Å². The third-order valence-corrected chi connectivity index (χ3v) is 10.6. The van der Waals surface area contributed by atoms with E-state index in [2.05, 4.69) is 26.8 Å². The Hall–Kier alpha value is -0.830. The Morgan fingerprint density at radius 1 is 1.17 bits per heavy atom. The van der Waals surface area contributed by atoms with Gasteiger partial charge in [-0.2, -0.15) is 0 Å². The first-order valence-corrected chi connectivity index (χ1v) is 12.9. The van der Waals surface area contributed by atoms with Crippen molar-refractivity contribution in [2.24, 2.45) is 52.1 Å². The quantitative estimate of drug-likeness (QED) is 0.512. The maximum absolute atomic E-state index is 11.4. The van der Waals surface area contributed by atoms with Gasteiger partial charge in [0.15, 0.2) is 0 Å². The molecule has 3 fully saturated rings. The van der Waals surface area contributed by atoms with Gasteiger partial charge in [-0.15, -0.1) is 0 Å². The summed E-state index contributed by atoms with van der Waals surface area (Å²) in [6, 6.07) is 0. The third-order valence-electron chi connectivity index (χ3n) is 10.6. The maximum Gasteiger partial charge on any atom is 0.222 e. The molecule has 0 aromatic rings. The third kappa shape index (κ3) is 3.67. The zero-order chi connectivity index (χ0) is 21.5. The molecule has 1 unspecified atom stereocenters. The van der Waals surface area contributed by atoms with Crippen LogP contribution in [0.5, 0.6) is 0 Å². The predicted octanol–water partition coefficient (Wildman–Crippen LogP) is 5.86. The topological polar surface area (TPSA) is 63.3 Å². The summed E-state index contributed by atoms with van der Waals surface area (Å²) in [6.07, 6.45) is 18.2. The van der Waals surface area contributed by atoms with Gasteiger partial charge in [-0.3, -0.25) is 4.79 Å². The number of carbonyl (C=O) groups is 1. The molecule has 4 aliphatic rings. The first kappa shape index (κ1) is 22.4. The average molecular weight is 416 g/mol. The highest BCUT2D eigenvalue weighted by Gasteiger charge is 2.58. The second-order valence-corrected chi connectivity index (χ2v) is 11.9. The van der Waals surface area contributed by atoms with Crippen molar-refractivity contribution in [1.82, 2.24) is 0 Å². The van der Waals surface area contributed by atoms with Crippen molar-refractivity contribution < 1.29 is 9.90 Å². The molecule has 8 atom stereocenters. The molecule has 3 N–H and O–H groups in total. The van der Waals surface area contributed by atoms with Crippen molar-refractivity contribution in [2.45, 2.75) is 97.8 Å². The van der Waals surface area contributed by atoms with Gasteiger partial charge in [0.05, 0.1) is 12.5 Å². The molecule has 3 heteroatoms. The van der Waals surface area contributed by atoms with Crippen molar-refractivity contribution in [2.75, 3.05) is 6.61 Å². The smallest absolute Gasteiger partial charge is 0.222 e. The molecule has 30 heavy (non-hydrogen) atoms. The summed E-state index contributed by atoms with van der Waals surface area (Å²) in [7, 11) is 0. The molecular formula is C27H45NO2. The van der Waals surface area contributed by atoms with Gasteiger partial charge >= 0.3 is 0 Å². The molecule has 0 aromatic carbocycles. The molecule has 0 saturated heterocycles. The number of aliphatic hydroxyl groups is 1. The Labute approximate surface area is 184 Å². The summed E-state index contributed by atoms with van der Waals surface area (Å²) in [5.41, 5.74) is 8.22. The molecule has 0 spiro atoms. The summed E-state index contributed by atoms with van der Waals surface area (Å²) in [5, 5.41) is 9.38. The fraction of sp³-hybridized carbons (Fsp3) is 0.889. The maximum atomic E-state index is 11.4. The first-order chi connectivity index (χ1) is 14.3. The van der Waals surface area contributed by atoms with Gasteiger partial charge in [-0.05, 0) is 98.2 Å². The molecule has 0 bridgehead atoms. The molecular weight excluding hydrogens is 370 g/mol. The summed E-state index contributed by atoms with van der Waals surface area (Å²) in [6.45, 7) is 7.58. The lowest BCUT2D eigenvalue weighted by Gasteiger charge is -2.58. The van der Waals surface area contributed by atoms with Crippen LogP contribution in [-0.4, -0.2) is 17.6 Å². The molecule has 4 rings (SSSR count). The number of hydrogen-bond donors (Lipinski definition) is 2. The van der Waals surface area contributed by atoms with E-state index in [1.54, 1.807) is 0 Å². The second kappa shape index (κ2) is 8.60. The predicted molar refractivity (Wildman–Crippen MR) is 123 cm³/mol. The van der Waals surface area contributed by atoms with E-state index in [-0.39, 0.29) is 18.4 Å². The number of allylic oxidation sites excluding steroid dienone is 2. The van der Waals surface area contributed by atoms with Crippen LogP contribution in [0.3, 0.4) is 0 Å². The second-order valence-electron chi connectivity index (χ2n) is 11.9. The minimum absolute atomic E-state index is 0.107. The van der Waals surface area contributed by atoms with Gasteiger partial charge in [0.2, 0.25) is 5.91 Å². The van der Waals surface area contributed by atoms with Gasteiger partial charge in [-0.1, -0.05) is 51.7 Å². The SMILES string of the molecule is C[C@H](CCCC(CO)C(N)=O)[C@H]1CC[C@H]2[C@@H]3CC=C4CCCC[C@]4(C)[C@H]3CC[C@]12C. The molecule has 3 saturated carbocycles. The lowest BCUT2D eigenvalue weighted by atomic mass is 9.47. The molecule has 0 heterocycles. The van der Waals surface area contributed by atoms with Crippen LogP contribution >= 0.6 is 0 Å². The minimum Gasteiger partial charge on any atom is -0.396 e. The highest BCUT2D eigenvalue weighted by atomic mass is 16.3. The highest BCUT2D eigenvalue weighted by molar-refractivity contribution is 5.76. The Morgan fingerprint density at radius 2 is 1.97 bits per heavy atom. The molecule has 0 radical (unpaired) electrons. The number of nitrogens with two attached hydrogens (primary N) is 1. The fourth-order valence-electron chi connectivity index (χ4n) is 8.88. The molecule has 0 aromatic heterocycles. The van der Waals surface area contributed by atoms with Crippen LogP contribution in [0.1, 0.15) is 97.8 Å². The molecule has 4 aliphatic carbocycles. The van der Waals surface area contributed by atoms with Crippen molar-refractivity contribution >= 4 is 5.91 Å². The Bertz CT molecular complexity index is 672. The van der Waals surface area contributed by atoms with Crippen molar-refractivity contribution in [1.29, 1.82) is 0 Å². The van der Waals surface area contributed by atoms with E-state index in [0.29, 0.717) is 16.7 Å². The van der Waals surface area contributed by atoms with E-state index in [1.807, 2.05) is 5.57 Å². The Morgan fingerprint density at radius 3 is 2.70 bits per heavy atom. The van der Waals surface area contributed by atoms with Crippen LogP contribution in [0.15, 0.2) is 11.6 Å². The molecule has 0 aliphatic heterocycles. The summed E-state index contributed by atoms with van der Waals surface area (Å²) in [5.74, 6) is 3.53. The zero-order valence-electron chi connectivity index (χ0n) is 19.7. The van der Waals surface area contributed by atoms with Crippen LogP contribution in [-0.2, 0) is 4.79 Å². The van der Waals surface area contributed by atoms with E-state index in [0.717, 1.165) is 42.9 Å². The summed E-state index contributed by atoms with van der Waals surface area (Å²) >= 11 is 0. The average Bonchev–Trinajstić information content (AvgIpc) is 3.07. The van der Waals surface area contributed by atoms with Crippen LogP contribution < -0.4 is 5.73 Å². The fourth-order valence-corrected chi connectivity index (χ4v) is 8.88. The number of aliphatic hydroxyl groups excluding tert-OH is 1. The van der Waals surface area contributed by atoms with E-state index in [1.165, 1.54) is 57.8 Å². The lowest BCUT2D eigenvalue weighted by molar-refractivity contribution is -0.123.